The molecule has 216 valence electrons. The van der Waals surface area contributed by atoms with Gasteiger partial charge in [-0.3, -0.25) is 9.13 Å². The first kappa shape index (κ1) is 25.8. The predicted molar refractivity (Wildman–Crippen MR) is 167 cm³/mol. The third-order valence-electron chi connectivity index (χ3n) is 10.1. The van der Waals surface area contributed by atoms with Crippen LogP contribution in [0.25, 0.3) is 11.4 Å². The van der Waals surface area contributed by atoms with E-state index < -0.39 is 0 Å². The van der Waals surface area contributed by atoms with Crippen molar-refractivity contribution >= 4 is 0 Å². The van der Waals surface area contributed by atoms with Crippen LogP contribution in [0.1, 0.15) is 82.7 Å². The standard InChI is InChI=1S/C37H34N2O4/c1-3-5-22-16-24-18-28(22)32-30(24)34(40)38(36(32)42)26-11-7-20(8-12-26)15-21-9-13-27(14-10-21)39-35(41)31-25-17-23(6-4-2)29(19-25)33(31)37(39)43/h3-4,7-14,16-17,24-25,28-29,40-43H,1-2,5-6,15,18-19H2. The topological polar surface area (TPSA) is 90.8 Å². The van der Waals surface area contributed by atoms with Crippen LogP contribution < -0.4 is 0 Å². The Balaban J connectivity index is 1.01. The minimum Gasteiger partial charge on any atom is -0.494 e. The maximum absolute atomic E-state index is 11.2. The van der Waals surface area contributed by atoms with Gasteiger partial charge in [-0.1, -0.05) is 59.7 Å². The molecule has 0 saturated carbocycles. The van der Waals surface area contributed by atoms with E-state index in [9.17, 15) is 20.4 Å². The molecule has 0 amide bonds. The molecule has 4 bridgehead atoms. The van der Waals surface area contributed by atoms with E-state index in [4.69, 9.17) is 0 Å². The average molecular weight is 571 g/mol. The van der Waals surface area contributed by atoms with Crippen LogP contribution in [-0.2, 0) is 6.42 Å². The normalized spacial score (nSPS) is 22.4. The number of benzene rings is 2. The van der Waals surface area contributed by atoms with Crippen LogP contribution in [0.5, 0.6) is 23.5 Å². The number of nitrogens with zero attached hydrogens (tertiary/aromatic N) is 2. The number of aromatic hydroxyl groups is 4. The van der Waals surface area contributed by atoms with E-state index in [-0.39, 0.29) is 47.2 Å². The second-order valence-electron chi connectivity index (χ2n) is 12.4. The minimum absolute atomic E-state index is 0.125. The summed E-state index contributed by atoms with van der Waals surface area (Å²) in [7, 11) is 0. The zero-order valence-electron chi connectivity index (χ0n) is 23.9. The fraction of sp³-hybridized carbons (Fsp3) is 0.243. The summed E-state index contributed by atoms with van der Waals surface area (Å²) >= 11 is 0. The molecule has 2 aromatic carbocycles. The molecule has 6 nitrogen and oxygen atoms in total. The van der Waals surface area contributed by atoms with Crippen molar-refractivity contribution in [2.45, 2.75) is 55.8 Å². The summed E-state index contributed by atoms with van der Waals surface area (Å²) in [6.07, 6.45) is 12.3. The number of aromatic nitrogens is 2. The largest absolute Gasteiger partial charge is 0.494 e. The molecule has 4 N–H and O–H groups in total. The van der Waals surface area contributed by atoms with Crippen molar-refractivity contribution in [2.24, 2.45) is 0 Å². The van der Waals surface area contributed by atoms with Crippen molar-refractivity contribution < 1.29 is 20.4 Å². The van der Waals surface area contributed by atoms with Gasteiger partial charge in [0.25, 0.3) is 0 Å². The molecule has 0 fully saturated rings. The van der Waals surface area contributed by atoms with Crippen molar-refractivity contribution in [3.63, 3.8) is 0 Å². The fourth-order valence-electron chi connectivity index (χ4n) is 8.29. The Bertz CT molecular complexity index is 1750. The highest BCUT2D eigenvalue weighted by Crippen LogP contribution is 2.61. The summed E-state index contributed by atoms with van der Waals surface area (Å²) in [6, 6.07) is 15.8. The maximum atomic E-state index is 11.2. The molecule has 4 aliphatic carbocycles. The summed E-state index contributed by atoms with van der Waals surface area (Å²) < 4.78 is 3.12. The Morgan fingerprint density at radius 3 is 1.33 bits per heavy atom. The smallest absolute Gasteiger partial charge is 0.202 e. The summed E-state index contributed by atoms with van der Waals surface area (Å²) in [4.78, 5) is 0. The first-order chi connectivity index (χ1) is 20.9. The lowest BCUT2D eigenvalue weighted by atomic mass is 9.92. The number of fused-ring (bicyclic) bond motifs is 10. The minimum atomic E-state index is 0.125. The van der Waals surface area contributed by atoms with Crippen LogP contribution >= 0.6 is 0 Å². The van der Waals surface area contributed by atoms with Gasteiger partial charge in [0.2, 0.25) is 23.5 Å². The molecule has 8 rings (SSSR count). The van der Waals surface area contributed by atoms with Gasteiger partial charge in [-0.25, -0.2) is 0 Å². The van der Waals surface area contributed by atoms with E-state index in [1.807, 2.05) is 60.7 Å². The molecule has 4 aromatic rings. The average Bonchev–Trinajstić information content (AvgIpc) is 3.83. The fourth-order valence-corrected chi connectivity index (χ4v) is 8.29. The zero-order chi connectivity index (χ0) is 29.6. The van der Waals surface area contributed by atoms with Crippen molar-refractivity contribution in [3.05, 3.63) is 131 Å². The third-order valence-corrected chi connectivity index (χ3v) is 10.1. The van der Waals surface area contributed by atoms with Gasteiger partial charge in [0.05, 0.1) is 11.4 Å². The zero-order valence-corrected chi connectivity index (χ0v) is 23.9. The van der Waals surface area contributed by atoms with E-state index in [1.54, 1.807) is 9.13 Å². The van der Waals surface area contributed by atoms with Gasteiger partial charge in [0, 0.05) is 45.9 Å². The molecular weight excluding hydrogens is 536 g/mol. The SMILES string of the molecule is C=CCC1=CC2CC1c1c2c(O)n(-c2ccc(Cc3ccc(-n4c(O)c5c(c4O)C4CC5C=C4CC=C)cc3)cc2)c1O. The van der Waals surface area contributed by atoms with E-state index in [2.05, 4.69) is 25.3 Å². The van der Waals surface area contributed by atoms with Crippen LogP contribution in [0.15, 0.2) is 97.1 Å². The highest BCUT2D eigenvalue weighted by molar-refractivity contribution is 5.65. The van der Waals surface area contributed by atoms with Crippen LogP contribution in [0, 0.1) is 0 Å². The Morgan fingerprint density at radius 1 is 0.581 bits per heavy atom. The molecule has 6 heteroatoms. The third kappa shape index (κ3) is 3.59. The molecule has 2 aromatic heterocycles. The quantitative estimate of drug-likeness (QED) is 0.162. The van der Waals surface area contributed by atoms with Crippen molar-refractivity contribution in [1.29, 1.82) is 0 Å². The number of rotatable bonds is 8. The molecule has 0 saturated heterocycles. The lowest BCUT2D eigenvalue weighted by Gasteiger charge is -2.13. The lowest BCUT2D eigenvalue weighted by molar-refractivity contribution is 0.394. The van der Waals surface area contributed by atoms with Crippen LogP contribution in [-0.4, -0.2) is 29.6 Å². The van der Waals surface area contributed by atoms with E-state index in [1.165, 1.54) is 11.1 Å². The van der Waals surface area contributed by atoms with Gasteiger partial charge in [0.1, 0.15) is 0 Å². The van der Waals surface area contributed by atoms with Gasteiger partial charge in [0.15, 0.2) is 0 Å². The van der Waals surface area contributed by atoms with E-state index >= 15 is 0 Å². The number of allylic oxidation sites excluding steroid dienone is 6. The predicted octanol–water partition coefficient (Wildman–Crippen LogP) is 7.86. The molecular formula is C37H34N2O4. The monoisotopic (exact) mass is 570 g/mol. The van der Waals surface area contributed by atoms with E-state index in [0.717, 1.165) is 70.4 Å². The van der Waals surface area contributed by atoms with Crippen LogP contribution in [0.4, 0.5) is 0 Å². The molecule has 0 spiro atoms. The van der Waals surface area contributed by atoms with Crippen LogP contribution in [0.2, 0.25) is 0 Å². The second kappa shape index (κ2) is 9.33. The Kier molecular flexibility index (Phi) is 5.61. The summed E-state index contributed by atoms with van der Waals surface area (Å²) in [5, 5.41) is 44.5. The lowest BCUT2D eigenvalue weighted by Crippen LogP contribution is -1.98. The molecule has 0 aliphatic heterocycles. The van der Waals surface area contributed by atoms with Crippen molar-refractivity contribution in [3.8, 4) is 34.9 Å². The molecule has 0 radical (unpaired) electrons. The summed E-state index contributed by atoms with van der Waals surface area (Å²) in [5.41, 5.74) is 9.59. The molecule has 43 heavy (non-hydrogen) atoms. The molecule has 4 aliphatic rings. The summed E-state index contributed by atoms with van der Waals surface area (Å²) in [6.45, 7) is 7.72. The highest BCUT2D eigenvalue weighted by atomic mass is 16.3. The van der Waals surface area contributed by atoms with Crippen LogP contribution in [0.3, 0.4) is 0 Å². The van der Waals surface area contributed by atoms with Gasteiger partial charge >= 0.3 is 0 Å². The van der Waals surface area contributed by atoms with Crippen molar-refractivity contribution in [1.82, 2.24) is 9.13 Å². The maximum Gasteiger partial charge on any atom is 0.202 e. The van der Waals surface area contributed by atoms with Gasteiger partial charge in [-0.05, 0) is 67.5 Å². The van der Waals surface area contributed by atoms with Gasteiger partial charge < -0.3 is 20.4 Å². The summed E-state index contributed by atoms with van der Waals surface area (Å²) in [5.74, 6) is 1.07. The Labute approximate surface area is 250 Å². The van der Waals surface area contributed by atoms with Crippen molar-refractivity contribution in [2.75, 3.05) is 0 Å². The molecule has 2 heterocycles. The van der Waals surface area contributed by atoms with Gasteiger partial charge in [-0.15, -0.1) is 13.2 Å². The molecule has 4 atom stereocenters. The first-order valence-electron chi connectivity index (χ1n) is 15.0. The Morgan fingerprint density at radius 2 is 0.953 bits per heavy atom. The first-order valence-corrected chi connectivity index (χ1v) is 15.0. The number of hydrogen-bond acceptors (Lipinski definition) is 4. The van der Waals surface area contributed by atoms with E-state index in [0.29, 0.717) is 6.42 Å². The molecule has 4 unspecified atom stereocenters. The highest BCUT2D eigenvalue weighted by Gasteiger charge is 2.45. The Hall–Kier alpha value is -4.84. The number of hydrogen-bond donors (Lipinski definition) is 4. The second-order valence-corrected chi connectivity index (χ2v) is 12.4. The van der Waals surface area contributed by atoms with Gasteiger partial charge in [-0.2, -0.15) is 0 Å².